The first-order chi connectivity index (χ1) is 13.2. The van der Waals surface area contributed by atoms with E-state index < -0.39 is 5.60 Å². The van der Waals surface area contributed by atoms with Crippen LogP contribution in [0, 0.1) is 11.8 Å². The van der Waals surface area contributed by atoms with Crippen LogP contribution in [0.15, 0.2) is 24.3 Å². The van der Waals surface area contributed by atoms with Gasteiger partial charge in [0.05, 0.1) is 7.11 Å². The van der Waals surface area contributed by atoms with Crippen molar-refractivity contribution in [3.63, 3.8) is 0 Å². The maximum atomic E-state index is 12.4. The molecule has 3 rings (SSSR count). The molecule has 2 fully saturated rings. The third-order valence-electron chi connectivity index (χ3n) is 6.05. The van der Waals surface area contributed by atoms with E-state index in [1.54, 1.807) is 4.90 Å². The highest BCUT2D eigenvalue weighted by atomic mass is 35.5. The monoisotopic (exact) mass is 407 g/mol. The summed E-state index contributed by atoms with van der Waals surface area (Å²) in [5.74, 6) is 0.535. The number of halogens is 1. The summed E-state index contributed by atoms with van der Waals surface area (Å²) in [5, 5.41) is 0.712. The first-order valence-electron chi connectivity index (χ1n) is 9.96. The Hall–Kier alpha value is -1.75. The molecule has 2 atom stereocenters. The maximum absolute atomic E-state index is 12.4. The molecule has 1 heterocycles. The molecule has 0 spiro atoms. The van der Waals surface area contributed by atoms with E-state index in [2.05, 4.69) is 12.1 Å². The van der Waals surface area contributed by atoms with E-state index in [1.165, 1.54) is 12.7 Å². The van der Waals surface area contributed by atoms with Crippen LogP contribution in [0.4, 0.5) is 4.79 Å². The molecule has 2 aliphatic rings. The number of piperidine rings is 1. The maximum Gasteiger partial charge on any atom is 0.410 e. The molecule has 1 aromatic carbocycles. The number of esters is 1. The molecule has 1 aromatic rings. The fourth-order valence-electron chi connectivity index (χ4n) is 4.64. The van der Waals surface area contributed by atoms with Gasteiger partial charge in [0.15, 0.2) is 0 Å². The molecule has 6 heteroatoms. The minimum Gasteiger partial charge on any atom is -0.469 e. The Labute approximate surface area is 172 Å². The SMILES string of the molecule is COC(=O)C[C@@H]1C[C@]1(c1ccc(Cl)cc1)C1CCN(C(=O)OC(C)(C)C)CC1. The largest absolute Gasteiger partial charge is 0.469 e. The number of hydrogen-bond acceptors (Lipinski definition) is 4. The molecule has 1 saturated heterocycles. The minimum absolute atomic E-state index is 0.0290. The minimum atomic E-state index is -0.486. The van der Waals surface area contributed by atoms with Crippen LogP contribution in [0.1, 0.15) is 52.0 Å². The first-order valence-corrected chi connectivity index (χ1v) is 10.3. The molecular formula is C22H30ClNO4. The van der Waals surface area contributed by atoms with Crippen LogP contribution in [-0.2, 0) is 19.7 Å². The Kier molecular flexibility index (Phi) is 5.95. The van der Waals surface area contributed by atoms with Crippen LogP contribution in [0.3, 0.4) is 0 Å². The Morgan fingerprint density at radius 2 is 1.79 bits per heavy atom. The van der Waals surface area contributed by atoms with Gasteiger partial charge in [-0.2, -0.15) is 0 Å². The van der Waals surface area contributed by atoms with Crippen molar-refractivity contribution in [2.24, 2.45) is 11.8 Å². The molecule has 5 nitrogen and oxygen atoms in total. The van der Waals surface area contributed by atoms with Gasteiger partial charge in [0, 0.05) is 29.9 Å². The number of carbonyl (C=O) groups excluding carboxylic acids is 2. The van der Waals surface area contributed by atoms with Crippen molar-refractivity contribution in [2.75, 3.05) is 20.2 Å². The number of amides is 1. The van der Waals surface area contributed by atoms with Crippen molar-refractivity contribution in [3.05, 3.63) is 34.9 Å². The second-order valence-corrected chi connectivity index (χ2v) is 9.41. The molecule has 154 valence electrons. The van der Waals surface area contributed by atoms with E-state index in [9.17, 15) is 9.59 Å². The summed E-state index contributed by atoms with van der Waals surface area (Å²) in [6, 6.07) is 8.00. The summed E-state index contributed by atoms with van der Waals surface area (Å²) in [6.45, 7) is 7.01. The van der Waals surface area contributed by atoms with Gasteiger partial charge in [-0.15, -0.1) is 0 Å². The highest BCUT2D eigenvalue weighted by molar-refractivity contribution is 6.30. The van der Waals surface area contributed by atoms with Crippen molar-refractivity contribution < 1.29 is 19.1 Å². The summed E-state index contributed by atoms with van der Waals surface area (Å²) in [7, 11) is 1.44. The molecule has 1 aliphatic heterocycles. The molecular weight excluding hydrogens is 378 g/mol. The average Bonchev–Trinajstić information content (AvgIpc) is 3.35. The quantitative estimate of drug-likeness (QED) is 0.672. The van der Waals surface area contributed by atoms with Gasteiger partial charge in [-0.05, 0) is 69.6 Å². The van der Waals surface area contributed by atoms with E-state index in [-0.39, 0.29) is 23.4 Å². The van der Waals surface area contributed by atoms with E-state index in [0.29, 0.717) is 30.5 Å². The van der Waals surface area contributed by atoms with E-state index >= 15 is 0 Å². The van der Waals surface area contributed by atoms with Crippen LogP contribution < -0.4 is 0 Å². The van der Waals surface area contributed by atoms with Crippen LogP contribution in [0.2, 0.25) is 5.02 Å². The number of hydrogen-bond donors (Lipinski definition) is 0. The zero-order chi connectivity index (χ0) is 20.5. The zero-order valence-corrected chi connectivity index (χ0v) is 17.9. The lowest BCUT2D eigenvalue weighted by atomic mass is 9.75. The average molecular weight is 408 g/mol. The van der Waals surface area contributed by atoms with Crippen LogP contribution in [-0.4, -0.2) is 42.8 Å². The first kappa shape index (κ1) is 21.0. The van der Waals surface area contributed by atoms with Crippen LogP contribution in [0.25, 0.3) is 0 Å². The van der Waals surface area contributed by atoms with Gasteiger partial charge in [-0.1, -0.05) is 23.7 Å². The molecule has 0 N–H and O–H groups in total. The number of rotatable bonds is 4. The van der Waals surface area contributed by atoms with E-state index in [1.807, 2.05) is 32.9 Å². The fourth-order valence-corrected chi connectivity index (χ4v) is 4.77. The lowest BCUT2D eigenvalue weighted by Gasteiger charge is -2.38. The van der Waals surface area contributed by atoms with Crippen molar-refractivity contribution >= 4 is 23.7 Å². The Morgan fingerprint density at radius 3 is 2.32 bits per heavy atom. The normalized spacial score (nSPS) is 25.3. The molecule has 0 aromatic heterocycles. The highest BCUT2D eigenvalue weighted by Crippen LogP contribution is 2.63. The molecule has 0 bridgehead atoms. The number of likely N-dealkylation sites (tertiary alicyclic amines) is 1. The smallest absolute Gasteiger partial charge is 0.410 e. The van der Waals surface area contributed by atoms with Crippen LogP contribution in [0.5, 0.6) is 0 Å². The number of carbonyl (C=O) groups is 2. The Morgan fingerprint density at radius 1 is 1.18 bits per heavy atom. The number of ether oxygens (including phenoxy) is 2. The zero-order valence-electron chi connectivity index (χ0n) is 17.2. The molecule has 1 saturated carbocycles. The van der Waals surface area contributed by atoms with Crippen molar-refractivity contribution in [1.82, 2.24) is 4.90 Å². The Bertz CT molecular complexity index is 719. The topological polar surface area (TPSA) is 55.8 Å². The predicted molar refractivity (Wildman–Crippen MR) is 108 cm³/mol. The summed E-state index contributed by atoms with van der Waals surface area (Å²) in [4.78, 5) is 26.0. The third kappa shape index (κ3) is 4.45. The van der Waals surface area contributed by atoms with Crippen LogP contribution >= 0.6 is 11.6 Å². The van der Waals surface area contributed by atoms with E-state index in [4.69, 9.17) is 21.1 Å². The summed E-state index contributed by atoms with van der Waals surface area (Å²) >= 11 is 6.09. The van der Waals surface area contributed by atoms with E-state index in [0.717, 1.165) is 19.3 Å². The van der Waals surface area contributed by atoms with Crippen molar-refractivity contribution in [1.29, 1.82) is 0 Å². The summed E-state index contributed by atoms with van der Waals surface area (Å²) in [6.07, 6.45) is 2.97. The van der Waals surface area contributed by atoms with Gasteiger partial charge in [0.1, 0.15) is 5.60 Å². The fraction of sp³-hybridized carbons (Fsp3) is 0.636. The van der Waals surface area contributed by atoms with Crippen molar-refractivity contribution in [2.45, 2.75) is 57.5 Å². The molecule has 0 unspecified atom stereocenters. The molecule has 0 radical (unpaired) electrons. The lowest BCUT2D eigenvalue weighted by molar-refractivity contribution is -0.141. The number of methoxy groups -OCH3 is 1. The second-order valence-electron chi connectivity index (χ2n) is 8.97. The molecule has 28 heavy (non-hydrogen) atoms. The third-order valence-corrected chi connectivity index (χ3v) is 6.30. The van der Waals surface area contributed by atoms with Gasteiger partial charge < -0.3 is 14.4 Å². The van der Waals surface area contributed by atoms with Gasteiger partial charge >= 0.3 is 12.1 Å². The van der Waals surface area contributed by atoms with Gasteiger partial charge in [0.2, 0.25) is 0 Å². The van der Waals surface area contributed by atoms with Gasteiger partial charge in [-0.25, -0.2) is 4.79 Å². The Balaban J connectivity index is 1.72. The number of benzene rings is 1. The van der Waals surface area contributed by atoms with Gasteiger partial charge in [-0.3, -0.25) is 4.79 Å². The lowest BCUT2D eigenvalue weighted by Crippen LogP contribution is -2.44. The standard InChI is InChI=1S/C22H30ClNO4/c1-21(2,3)28-20(26)24-11-9-16(10-12-24)22(14-17(22)13-19(25)27-4)15-5-7-18(23)8-6-15/h5-8,16-17H,9-14H2,1-4H3/t17-,22+/m1/s1. The molecule has 1 aliphatic carbocycles. The van der Waals surface area contributed by atoms with Crippen molar-refractivity contribution in [3.8, 4) is 0 Å². The number of nitrogens with zero attached hydrogens (tertiary/aromatic N) is 1. The predicted octanol–water partition coefficient (Wildman–Crippen LogP) is 4.81. The second kappa shape index (κ2) is 7.94. The summed E-state index contributed by atoms with van der Waals surface area (Å²) in [5.41, 5.74) is 0.723. The van der Waals surface area contributed by atoms with Gasteiger partial charge in [0.25, 0.3) is 0 Å². The molecule has 1 amide bonds. The summed E-state index contributed by atoms with van der Waals surface area (Å²) < 4.78 is 10.4. The highest BCUT2D eigenvalue weighted by Gasteiger charge is 2.60.